The number of rotatable bonds is 6. The Labute approximate surface area is 199 Å². The molecular weight excluding hydrogens is 517 g/mol. The first-order chi connectivity index (χ1) is 16.2. The van der Waals surface area contributed by atoms with Gasteiger partial charge in [-0.1, -0.05) is 46.3 Å². The molecule has 0 saturated carbocycles. The second-order valence-electron chi connectivity index (χ2n) is 7.21. The smallest absolute Gasteiger partial charge is 0.450 e. The van der Waals surface area contributed by atoms with Crippen molar-refractivity contribution in [3.8, 4) is 22.6 Å². The maximum absolute atomic E-state index is 13.9. The van der Waals surface area contributed by atoms with Crippen LogP contribution in [0.1, 0.15) is 16.1 Å². The lowest BCUT2D eigenvalue weighted by molar-refractivity contribution is -0.152. The molecule has 3 aromatic carbocycles. The number of para-hydroxylation sites is 1. The van der Waals surface area contributed by atoms with E-state index in [0.29, 0.717) is 5.56 Å². The van der Waals surface area contributed by atoms with Gasteiger partial charge in [-0.3, -0.25) is 9.59 Å². The van der Waals surface area contributed by atoms with Crippen LogP contribution in [0, 0.1) is 0 Å². The summed E-state index contributed by atoms with van der Waals surface area (Å²) in [5.74, 6) is -1.58. The first-order valence-electron chi connectivity index (χ1n) is 9.92. The zero-order valence-corrected chi connectivity index (χ0v) is 19.2. The van der Waals surface area contributed by atoms with Gasteiger partial charge in [-0.2, -0.15) is 13.2 Å². The highest BCUT2D eigenvalue weighted by Gasteiger charge is 2.40. The average Bonchev–Trinajstić information content (AvgIpc) is 2.82. The number of ketones is 1. The van der Waals surface area contributed by atoms with E-state index in [0.717, 1.165) is 10.5 Å². The molecule has 0 aliphatic rings. The minimum absolute atomic E-state index is 0.0339. The van der Waals surface area contributed by atoms with E-state index in [1.807, 2.05) is 0 Å². The van der Waals surface area contributed by atoms with Gasteiger partial charge >= 0.3 is 6.18 Å². The lowest BCUT2D eigenvalue weighted by atomic mass is 10.0. The second-order valence-corrected chi connectivity index (χ2v) is 8.13. The third-order valence-corrected chi connectivity index (χ3v) is 5.56. The van der Waals surface area contributed by atoms with Crippen molar-refractivity contribution < 1.29 is 31.9 Å². The van der Waals surface area contributed by atoms with Gasteiger partial charge in [-0.05, 0) is 30.3 Å². The molecule has 0 saturated heterocycles. The van der Waals surface area contributed by atoms with Gasteiger partial charge in [0, 0.05) is 21.7 Å². The molecule has 9 heteroatoms. The van der Waals surface area contributed by atoms with Gasteiger partial charge in [0.05, 0.1) is 18.1 Å². The number of halogens is 4. The zero-order valence-electron chi connectivity index (χ0n) is 17.6. The van der Waals surface area contributed by atoms with Crippen molar-refractivity contribution in [3.63, 3.8) is 0 Å². The van der Waals surface area contributed by atoms with Crippen LogP contribution in [0.5, 0.6) is 11.5 Å². The molecule has 0 unspecified atom stereocenters. The Bertz CT molecular complexity index is 1430. The van der Waals surface area contributed by atoms with Gasteiger partial charge < -0.3 is 13.9 Å². The SMILES string of the molecule is COc1ccccc1-c1c(C(F)(F)F)oc2cc(OCC(=O)c3ccc(Br)cc3)ccc2c1=O. The molecule has 0 fully saturated rings. The monoisotopic (exact) mass is 532 g/mol. The maximum Gasteiger partial charge on any atom is 0.450 e. The molecule has 0 aliphatic carbocycles. The fraction of sp³-hybridized carbons (Fsp3) is 0.120. The van der Waals surface area contributed by atoms with Crippen molar-refractivity contribution in [3.05, 3.63) is 92.7 Å². The number of methoxy groups -OCH3 is 1. The van der Waals surface area contributed by atoms with Crippen LogP contribution in [-0.4, -0.2) is 19.5 Å². The molecule has 0 amide bonds. The Morgan fingerprint density at radius 3 is 2.41 bits per heavy atom. The number of Topliss-reactive ketones (excluding diaryl/α,β-unsaturated/α-hetero) is 1. The number of fused-ring (bicyclic) bond motifs is 1. The third-order valence-electron chi connectivity index (χ3n) is 5.03. The van der Waals surface area contributed by atoms with Gasteiger partial charge in [0.1, 0.15) is 17.1 Å². The highest BCUT2D eigenvalue weighted by molar-refractivity contribution is 9.10. The average molecular weight is 533 g/mol. The highest BCUT2D eigenvalue weighted by Crippen LogP contribution is 2.40. The lowest BCUT2D eigenvalue weighted by Gasteiger charge is -2.15. The summed E-state index contributed by atoms with van der Waals surface area (Å²) in [4.78, 5) is 25.5. The minimum atomic E-state index is -4.95. The molecule has 0 radical (unpaired) electrons. The fourth-order valence-corrected chi connectivity index (χ4v) is 3.69. The molecule has 5 nitrogen and oxygen atoms in total. The largest absolute Gasteiger partial charge is 0.496 e. The summed E-state index contributed by atoms with van der Waals surface area (Å²) in [5, 5.41) is -0.0690. The first kappa shape index (κ1) is 23.6. The molecule has 0 N–H and O–H groups in total. The number of alkyl halides is 3. The molecule has 0 aliphatic heterocycles. The molecule has 4 rings (SSSR count). The number of carbonyl (C=O) groups excluding carboxylic acids is 1. The molecule has 0 bridgehead atoms. The molecule has 4 aromatic rings. The van der Waals surface area contributed by atoms with Crippen molar-refractivity contribution in [1.29, 1.82) is 0 Å². The van der Waals surface area contributed by atoms with E-state index in [-0.39, 0.29) is 40.4 Å². The van der Waals surface area contributed by atoms with Crippen molar-refractivity contribution >= 4 is 32.7 Å². The zero-order chi connectivity index (χ0) is 24.5. The van der Waals surface area contributed by atoms with Gasteiger partial charge in [0.15, 0.2) is 12.4 Å². The third kappa shape index (κ3) is 4.70. The quantitative estimate of drug-likeness (QED) is 0.265. The lowest BCUT2D eigenvalue weighted by Crippen LogP contribution is -2.16. The van der Waals surface area contributed by atoms with Crippen molar-refractivity contribution in [2.45, 2.75) is 6.18 Å². The van der Waals surface area contributed by atoms with Crippen molar-refractivity contribution in [2.24, 2.45) is 0 Å². The van der Waals surface area contributed by atoms with Crippen LogP contribution >= 0.6 is 15.9 Å². The minimum Gasteiger partial charge on any atom is -0.496 e. The highest BCUT2D eigenvalue weighted by atomic mass is 79.9. The van der Waals surface area contributed by atoms with E-state index in [1.165, 1.54) is 37.4 Å². The molecule has 1 aromatic heterocycles. The van der Waals surface area contributed by atoms with Crippen LogP contribution in [0.4, 0.5) is 13.2 Å². The number of benzene rings is 3. The van der Waals surface area contributed by atoms with Gasteiger partial charge in [-0.15, -0.1) is 0 Å². The van der Waals surface area contributed by atoms with Crippen LogP contribution in [0.15, 0.2) is 80.4 Å². The van der Waals surface area contributed by atoms with E-state index in [1.54, 1.807) is 30.3 Å². The standard InChI is InChI=1S/C25H16BrF3O5/c1-32-20-5-3-2-4-17(20)22-23(31)18-11-10-16(12-21(18)34-24(22)25(27,28)29)33-13-19(30)14-6-8-15(26)9-7-14/h2-12H,13H2,1H3. The number of hydrogen-bond acceptors (Lipinski definition) is 5. The predicted molar refractivity (Wildman–Crippen MR) is 123 cm³/mol. The van der Waals surface area contributed by atoms with E-state index in [2.05, 4.69) is 15.9 Å². The van der Waals surface area contributed by atoms with Crippen molar-refractivity contribution in [2.75, 3.05) is 13.7 Å². The molecule has 1 heterocycles. The Kier molecular flexibility index (Phi) is 6.47. The summed E-state index contributed by atoms with van der Waals surface area (Å²) in [6, 6.07) is 16.4. The van der Waals surface area contributed by atoms with Crippen LogP contribution in [-0.2, 0) is 6.18 Å². The second kappa shape index (κ2) is 9.34. The van der Waals surface area contributed by atoms with Crippen LogP contribution in [0.25, 0.3) is 22.1 Å². The van der Waals surface area contributed by atoms with Crippen molar-refractivity contribution in [1.82, 2.24) is 0 Å². The molecule has 34 heavy (non-hydrogen) atoms. The summed E-state index contributed by atoms with van der Waals surface area (Å²) < 4.78 is 58.3. The van der Waals surface area contributed by atoms with Crippen LogP contribution in [0.2, 0.25) is 0 Å². The van der Waals surface area contributed by atoms with Gasteiger partial charge in [0.25, 0.3) is 0 Å². The van der Waals surface area contributed by atoms with E-state index in [4.69, 9.17) is 13.9 Å². The predicted octanol–water partition coefficient (Wildman–Crippen LogP) is 6.51. The topological polar surface area (TPSA) is 65.7 Å². The first-order valence-corrected chi connectivity index (χ1v) is 10.7. The Morgan fingerprint density at radius 2 is 1.74 bits per heavy atom. The molecule has 0 spiro atoms. The summed E-state index contributed by atoms with van der Waals surface area (Å²) >= 11 is 3.28. The van der Waals surface area contributed by atoms with Gasteiger partial charge in [0.2, 0.25) is 11.2 Å². The maximum atomic E-state index is 13.9. The molecule has 174 valence electrons. The van der Waals surface area contributed by atoms with Crippen LogP contribution in [0.3, 0.4) is 0 Å². The Morgan fingerprint density at radius 1 is 1.03 bits per heavy atom. The van der Waals surface area contributed by atoms with Crippen LogP contribution < -0.4 is 14.9 Å². The summed E-state index contributed by atoms with van der Waals surface area (Å²) in [6.45, 7) is -0.344. The number of hydrogen-bond donors (Lipinski definition) is 0. The molecular formula is C25H16BrF3O5. The molecule has 0 atom stereocenters. The Hall–Kier alpha value is -3.59. The number of ether oxygens (including phenoxy) is 2. The van der Waals surface area contributed by atoms with E-state index in [9.17, 15) is 22.8 Å². The van der Waals surface area contributed by atoms with Gasteiger partial charge in [-0.25, -0.2) is 0 Å². The summed E-state index contributed by atoms with van der Waals surface area (Å²) in [6.07, 6.45) is -4.95. The normalized spacial score (nSPS) is 11.4. The fourth-order valence-electron chi connectivity index (χ4n) is 3.43. The summed E-state index contributed by atoms with van der Waals surface area (Å²) in [7, 11) is 1.30. The Balaban J connectivity index is 1.74. The van der Waals surface area contributed by atoms with E-state index >= 15 is 0 Å². The number of carbonyl (C=O) groups is 1. The van der Waals surface area contributed by atoms with E-state index < -0.39 is 22.9 Å². The summed E-state index contributed by atoms with van der Waals surface area (Å²) in [5.41, 5.74) is -1.44.